The number of carbonyl (C=O) groups is 1. The Kier molecular flexibility index (Phi) is 6.33. The molecule has 4 aromatic rings. The zero-order chi connectivity index (χ0) is 21.6. The molecule has 0 aliphatic heterocycles. The van der Waals surface area contributed by atoms with Gasteiger partial charge in [-0.25, -0.2) is 0 Å². The van der Waals surface area contributed by atoms with Crippen molar-refractivity contribution < 1.29 is 9.53 Å². The first kappa shape index (κ1) is 20.7. The number of nitrogens with zero attached hydrogens (tertiary/aromatic N) is 3. The molecule has 0 fully saturated rings. The molecule has 160 valence electrons. The number of benzene rings is 2. The van der Waals surface area contributed by atoms with Gasteiger partial charge in [0.05, 0.1) is 13.2 Å². The minimum Gasteiger partial charge on any atom is -0.477 e. The molecule has 0 radical (unpaired) electrons. The third-order valence-corrected chi connectivity index (χ3v) is 4.98. The summed E-state index contributed by atoms with van der Waals surface area (Å²) in [7, 11) is 4.06. The van der Waals surface area contributed by atoms with E-state index in [4.69, 9.17) is 4.74 Å². The molecule has 7 heteroatoms. The first-order valence-corrected chi connectivity index (χ1v) is 10.4. The Balaban J connectivity index is 1.53. The smallest absolute Gasteiger partial charge is 0.274 e. The van der Waals surface area contributed by atoms with Crippen molar-refractivity contribution >= 4 is 22.5 Å². The summed E-state index contributed by atoms with van der Waals surface area (Å²) < 4.78 is 7.52. The number of rotatable bonds is 9. The molecular weight excluding hydrogens is 390 g/mol. The lowest BCUT2D eigenvalue weighted by molar-refractivity contribution is 0.101. The molecule has 7 nitrogen and oxygen atoms in total. The first-order chi connectivity index (χ1) is 15.1. The number of carbonyl (C=O) groups excluding carboxylic acids is 1. The van der Waals surface area contributed by atoms with Gasteiger partial charge in [0.1, 0.15) is 5.69 Å². The second-order valence-electron chi connectivity index (χ2n) is 7.75. The van der Waals surface area contributed by atoms with E-state index in [1.54, 1.807) is 10.7 Å². The largest absolute Gasteiger partial charge is 0.477 e. The van der Waals surface area contributed by atoms with Crippen molar-refractivity contribution in [3.05, 3.63) is 78.1 Å². The second-order valence-corrected chi connectivity index (χ2v) is 7.75. The molecule has 2 aromatic carbocycles. The Morgan fingerprint density at radius 3 is 2.77 bits per heavy atom. The van der Waals surface area contributed by atoms with Gasteiger partial charge in [-0.05, 0) is 50.3 Å². The molecule has 0 spiro atoms. The van der Waals surface area contributed by atoms with Gasteiger partial charge >= 0.3 is 0 Å². The molecular formula is C24H27N5O2. The lowest BCUT2D eigenvalue weighted by atomic mass is 10.2. The van der Waals surface area contributed by atoms with Crippen molar-refractivity contribution in [2.75, 3.05) is 32.6 Å². The van der Waals surface area contributed by atoms with Gasteiger partial charge in [0.2, 0.25) is 5.88 Å². The molecule has 0 aliphatic carbocycles. The van der Waals surface area contributed by atoms with Crippen LogP contribution in [-0.4, -0.2) is 52.8 Å². The predicted molar refractivity (Wildman–Crippen MR) is 123 cm³/mol. The summed E-state index contributed by atoms with van der Waals surface area (Å²) >= 11 is 0. The van der Waals surface area contributed by atoms with Crippen molar-refractivity contribution in [1.29, 1.82) is 0 Å². The highest BCUT2D eigenvalue weighted by Gasteiger charge is 2.17. The van der Waals surface area contributed by atoms with E-state index < -0.39 is 0 Å². The number of ether oxygens (including phenoxy) is 1. The second kappa shape index (κ2) is 9.49. The molecule has 1 amide bonds. The standard InChI is InChI=1S/C24H27N5O2/c1-28(2)13-6-14-31-23-16-22(29(27-23)17-18-7-4-3-5-8-18)24(30)26-20-9-10-21-19(15-20)11-12-25-21/h3-5,7-12,15-16,25H,6,13-14,17H2,1-2H3,(H,26,30). The van der Waals surface area contributed by atoms with Gasteiger partial charge in [0.25, 0.3) is 5.91 Å². The Labute approximate surface area is 181 Å². The maximum atomic E-state index is 13.1. The van der Waals surface area contributed by atoms with Crippen LogP contribution in [0.25, 0.3) is 10.9 Å². The minimum absolute atomic E-state index is 0.221. The summed E-state index contributed by atoms with van der Waals surface area (Å²) in [6.45, 7) is 1.97. The van der Waals surface area contributed by atoms with E-state index in [0.717, 1.165) is 35.1 Å². The summed E-state index contributed by atoms with van der Waals surface area (Å²) in [4.78, 5) is 18.4. The van der Waals surface area contributed by atoms with Crippen molar-refractivity contribution in [2.45, 2.75) is 13.0 Å². The lowest BCUT2D eigenvalue weighted by Gasteiger charge is -2.09. The van der Waals surface area contributed by atoms with Crippen molar-refractivity contribution in [2.24, 2.45) is 0 Å². The van der Waals surface area contributed by atoms with Crippen LogP contribution in [0.3, 0.4) is 0 Å². The molecule has 0 atom stereocenters. The van der Waals surface area contributed by atoms with E-state index in [9.17, 15) is 4.79 Å². The van der Waals surface area contributed by atoms with Crippen LogP contribution in [0.2, 0.25) is 0 Å². The molecule has 2 N–H and O–H groups in total. The van der Waals surface area contributed by atoms with E-state index in [0.29, 0.717) is 24.7 Å². The fraction of sp³-hybridized carbons (Fsp3) is 0.250. The number of nitrogens with one attached hydrogen (secondary N) is 2. The number of fused-ring (bicyclic) bond motifs is 1. The van der Waals surface area contributed by atoms with Gasteiger partial charge < -0.3 is 19.9 Å². The van der Waals surface area contributed by atoms with Crippen LogP contribution >= 0.6 is 0 Å². The topological polar surface area (TPSA) is 75.2 Å². The Hall–Kier alpha value is -3.58. The van der Waals surface area contributed by atoms with Crippen LogP contribution in [0.15, 0.2) is 66.9 Å². The fourth-order valence-corrected chi connectivity index (χ4v) is 3.41. The number of hydrogen-bond acceptors (Lipinski definition) is 4. The summed E-state index contributed by atoms with van der Waals surface area (Å²) in [6, 6.07) is 19.4. The number of amides is 1. The molecule has 0 saturated carbocycles. The highest BCUT2D eigenvalue weighted by molar-refractivity contribution is 6.04. The fourth-order valence-electron chi connectivity index (χ4n) is 3.41. The third kappa shape index (κ3) is 5.32. The van der Waals surface area contributed by atoms with Crippen molar-refractivity contribution in [3.63, 3.8) is 0 Å². The number of aromatic amines is 1. The number of anilines is 1. The predicted octanol–water partition coefficient (Wildman–Crippen LogP) is 4.00. The van der Waals surface area contributed by atoms with Crippen LogP contribution in [0.1, 0.15) is 22.5 Å². The van der Waals surface area contributed by atoms with Gasteiger partial charge in [-0.1, -0.05) is 30.3 Å². The maximum Gasteiger partial charge on any atom is 0.274 e. The van der Waals surface area contributed by atoms with E-state index in [1.165, 1.54) is 0 Å². The monoisotopic (exact) mass is 417 g/mol. The molecule has 31 heavy (non-hydrogen) atoms. The Bertz CT molecular complexity index is 1150. The maximum absolute atomic E-state index is 13.1. The zero-order valence-electron chi connectivity index (χ0n) is 17.8. The molecule has 0 aliphatic rings. The Morgan fingerprint density at radius 1 is 1.13 bits per heavy atom. The third-order valence-electron chi connectivity index (χ3n) is 4.98. The highest BCUT2D eigenvalue weighted by Crippen LogP contribution is 2.20. The van der Waals surface area contributed by atoms with Gasteiger partial charge in [0.15, 0.2) is 0 Å². The zero-order valence-corrected chi connectivity index (χ0v) is 17.8. The quantitative estimate of drug-likeness (QED) is 0.404. The van der Waals surface area contributed by atoms with Crippen LogP contribution in [0.5, 0.6) is 5.88 Å². The summed E-state index contributed by atoms with van der Waals surface area (Å²) in [5, 5.41) is 8.57. The van der Waals surface area contributed by atoms with Crippen LogP contribution in [0, 0.1) is 0 Å². The summed E-state index contributed by atoms with van der Waals surface area (Å²) in [6.07, 6.45) is 2.77. The molecule has 0 unspecified atom stereocenters. The molecule has 2 heterocycles. The lowest BCUT2D eigenvalue weighted by Crippen LogP contribution is -2.18. The van der Waals surface area contributed by atoms with Crippen molar-refractivity contribution in [3.8, 4) is 5.88 Å². The van der Waals surface area contributed by atoms with Crippen LogP contribution < -0.4 is 10.1 Å². The van der Waals surface area contributed by atoms with Gasteiger partial charge in [-0.2, -0.15) is 0 Å². The Morgan fingerprint density at radius 2 is 1.97 bits per heavy atom. The number of aromatic nitrogens is 3. The van der Waals surface area contributed by atoms with Crippen molar-refractivity contribution in [1.82, 2.24) is 19.7 Å². The SMILES string of the molecule is CN(C)CCCOc1cc(C(=O)Nc2ccc3[nH]ccc3c2)n(Cc2ccccc2)n1. The van der Waals surface area contributed by atoms with Gasteiger partial charge in [0, 0.05) is 35.4 Å². The average molecular weight is 418 g/mol. The van der Waals surface area contributed by atoms with E-state index >= 15 is 0 Å². The average Bonchev–Trinajstić information content (AvgIpc) is 3.38. The first-order valence-electron chi connectivity index (χ1n) is 10.4. The number of H-pyrrole nitrogens is 1. The van der Waals surface area contributed by atoms with Gasteiger partial charge in [-0.3, -0.25) is 9.48 Å². The molecule has 0 saturated heterocycles. The number of hydrogen-bond donors (Lipinski definition) is 2. The summed E-state index contributed by atoms with van der Waals surface area (Å²) in [5.74, 6) is 0.238. The molecule has 2 aromatic heterocycles. The summed E-state index contributed by atoms with van der Waals surface area (Å²) in [5.41, 5.74) is 3.28. The normalized spacial score (nSPS) is 11.2. The minimum atomic E-state index is -0.221. The van der Waals surface area contributed by atoms with Crippen LogP contribution in [0.4, 0.5) is 5.69 Å². The van der Waals surface area contributed by atoms with Gasteiger partial charge in [-0.15, -0.1) is 5.10 Å². The van der Waals surface area contributed by atoms with E-state index in [1.807, 2.05) is 74.9 Å². The molecule has 4 rings (SSSR count). The van der Waals surface area contributed by atoms with E-state index in [2.05, 4.69) is 20.3 Å². The van der Waals surface area contributed by atoms with E-state index in [-0.39, 0.29) is 5.91 Å². The molecule has 0 bridgehead atoms. The van der Waals surface area contributed by atoms with Crippen LogP contribution in [-0.2, 0) is 6.54 Å². The highest BCUT2D eigenvalue weighted by atomic mass is 16.5.